The lowest BCUT2D eigenvalue weighted by atomic mass is 9.75. The minimum absolute atomic E-state index is 0.00122. The molecule has 150 valence electrons. The van der Waals surface area contributed by atoms with Crippen LogP contribution in [0.4, 0.5) is 11.4 Å². The van der Waals surface area contributed by atoms with Crippen molar-refractivity contribution in [1.82, 2.24) is 14.8 Å². The second-order valence-electron chi connectivity index (χ2n) is 8.35. The van der Waals surface area contributed by atoms with E-state index < -0.39 is 5.43 Å². The fourth-order valence-corrected chi connectivity index (χ4v) is 5.00. The largest absolute Gasteiger partial charge is 0.380 e. The zero-order valence-corrected chi connectivity index (χ0v) is 16.7. The topological polar surface area (TPSA) is 80.1 Å². The number of nitrogens with zero attached hydrogens (tertiary/aromatic N) is 4. The molecular weight excluding hydrogens is 378 g/mol. The highest BCUT2D eigenvalue weighted by atomic mass is 16.2. The number of para-hydroxylation sites is 1. The van der Waals surface area contributed by atoms with Crippen LogP contribution in [0.5, 0.6) is 0 Å². The van der Waals surface area contributed by atoms with Crippen LogP contribution in [0.25, 0.3) is 22.2 Å². The Morgan fingerprint density at radius 3 is 2.80 bits per heavy atom. The Hall–Kier alpha value is -3.48. The zero-order chi connectivity index (χ0) is 20.5. The van der Waals surface area contributed by atoms with Gasteiger partial charge < -0.3 is 10.2 Å². The quantitative estimate of drug-likeness (QED) is 0.531. The van der Waals surface area contributed by atoms with Crippen LogP contribution in [0.2, 0.25) is 0 Å². The van der Waals surface area contributed by atoms with Crippen LogP contribution in [0.3, 0.4) is 0 Å². The maximum absolute atomic E-state index is 12.1. The van der Waals surface area contributed by atoms with Crippen molar-refractivity contribution in [2.45, 2.75) is 25.3 Å². The standard InChI is InChI=1S/C23H21N5O2/c1-2-24-19-20(22(30)21(19)29)27-12-23(13-27)7-8-28-18(23)10-17(26-28)15-9-14-5-3-4-6-16(14)25-11-15/h3-6,9-11,24H,2,7-8,12-13H2,1H3. The zero-order valence-electron chi connectivity index (χ0n) is 16.7. The molecule has 1 fully saturated rings. The number of nitrogens with one attached hydrogen (secondary N) is 1. The minimum atomic E-state index is -0.393. The van der Waals surface area contributed by atoms with Gasteiger partial charge in [0.05, 0.1) is 11.2 Å². The van der Waals surface area contributed by atoms with E-state index in [4.69, 9.17) is 5.10 Å². The average Bonchev–Trinajstić information content (AvgIpc) is 3.32. The Labute approximate surface area is 172 Å². The highest BCUT2D eigenvalue weighted by Crippen LogP contribution is 2.46. The number of anilines is 2. The summed E-state index contributed by atoms with van der Waals surface area (Å²) in [5.41, 5.74) is 4.41. The minimum Gasteiger partial charge on any atom is -0.380 e. The number of hydrogen-bond donors (Lipinski definition) is 1. The van der Waals surface area contributed by atoms with E-state index in [1.165, 1.54) is 5.69 Å². The highest BCUT2D eigenvalue weighted by Gasteiger charge is 2.51. The molecule has 2 aliphatic rings. The first-order valence-electron chi connectivity index (χ1n) is 10.4. The summed E-state index contributed by atoms with van der Waals surface area (Å²) in [6, 6.07) is 12.4. The summed E-state index contributed by atoms with van der Waals surface area (Å²) in [6.07, 6.45) is 2.89. The molecule has 4 heterocycles. The Kier molecular flexibility index (Phi) is 3.48. The van der Waals surface area contributed by atoms with Gasteiger partial charge >= 0.3 is 0 Å². The Balaban J connectivity index is 1.30. The van der Waals surface area contributed by atoms with E-state index in [0.717, 1.165) is 48.2 Å². The number of aromatic nitrogens is 3. The van der Waals surface area contributed by atoms with Gasteiger partial charge in [0.15, 0.2) is 0 Å². The predicted molar refractivity (Wildman–Crippen MR) is 117 cm³/mol. The molecule has 6 rings (SSSR count). The number of fused-ring (bicyclic) bond motifs is 3. The smallest absolute Gasteiger partial charge is 0.253 e. The van der Waals surface area contributed by atoms with E-state index in [1.54, 1.807) is 0 Å². The van der Waals surface area contributed by atoms with E-state index in [2.05, 4.69) is 33.2 Å². The third-order valence-corrected chi connectivity index (χ3v) is 6.55. The van der Waals surface area contributed by atoms with Crippen molar-refractivity contribution >= 4 is 22.3 Å². The van der Waals surface area contributed by atoms with Gasteiger partial charge in [-0.2, -0.15) is 5.10 Å². The average molecular weight is 399 g/mol. The van der Waals surface area contributed by atoms with Crippen LogP contribution in [-0.2, 0) is 12.0 Å². The van der Waals surface area contributed by atoms with Gasteiger partial charge in [0.25, 0.3) is 10.9 Å². The van der Waals surface area contributed by atoms with Crippen LogP contribution in [-0.4, -0.2) is 34.4 Å². The molecule has 2 aliphatic heterocycles. The van der Waals surface area contributed by atoms with E-state index in [0.29, 0.717) is 17.9 Å². The molecule has 0 atom stereocenters. The van der Waals surface area contributed by atoms with E-state index in [9.17, 15) is 9.59 Å². The number of rotatable bonds is 4. The number of aryl methyl sites for hydroxylation is 1. The molecule has 7 heteroatoms. The van der Waals surface area contributed by atoms with Crippen molar-refractivity contribution < 1.29 is 0 Å². The maximum atomic E-state index is 12.1. The third kappa shape index (κ3) is 2.26. The molecule has 0 radical (unpaired) electrons. The van der Waals surface area contributed by atoms with Crippen LogP contribution < -0.4 is 21.1 Å². The Bertz CT molecular complexity index is 1370. The molecule has 0 saturated carbocycles. The van der Waals surface area contributed by atoms with Crippen molar-refractivity contribution in [2.24, 2.45) is 0 Å². The first kappa shape index (κ1) is 17.4. The first-order valence-corrected chi connectivity index (χ1v) is 10.4. The molecule has 4 aromatic rings. The molecule has 0 unspecified atom stereocenters. The maximum Gasteiger partial charge on any atom is 0.253 e. The predicted octanol–water partition coefficient (Wildman–Crippen LogP) is 2.29. The fourth-order valence-electron chi connectivity index (χ4n) is 5.00. The SMILES string of the molecule is CCNc1c(N2CC3(CCn4nc(-c5cnc6ccccc6c5)cc43)C2)c(=O)c1=O. The Morgan fingerprint density at radius 1 is 1.13 bits per heavy atom. The summed E-state index contributed by atoms with van der Waals surface area (Å²) in [7, 11) is 0. The molecule has 1 saturated heterocycles. The van der Waals surface area contributed by atoms with Gasteiger partial charge in [-0.1, -0.05) is 18.2 Å². The van der Waals surface area contributed by atoms with Crippen molar-refractivity contribution in [2.75, 3.05) is 29.9 Å². The normalized spacial score (nSPS) is 16.9. The van der Waals surface area contributed by atoms with Crippen LogP contribution >= 0.6 is 0 Å². The van der Waals surface area contributed by atoms with E-state index >= 15 is 0 Å². The first-order chi connectivity index (χ1) is 14.6. The summed E-state index contributed by atoms with van der Waals surface area (Å²) >= 11 is 0. The summed E-state index contributed by atoms with van der Waals surface area (Å²) in [5.74, 6) is 0. The van der Waals surface area contributed by atoms with Gasteiger partial charge in [0, 0.05) is 54.4 Å². The summed E-state index contributed by atoms with van der Waals surface area (Å²) in [6.45, 7) is 4.93. The van der Waals surface area contributed by atoms with Crippen molar-refractivity contribution in [3.8, 4) is 11.3 Å². The molecule has 0 amide bonds. The monoisotopic (exact) mass is 399 g/mol. The molecule has 2 aromatic heterocycles. The molecule has 30 heavy (non-hydrogen) atoms. The van der Waals surface area contributed by atoms with Crippen molar-refractivity contribution in [3.63, 3.8) is 0 Å². The van der Waals surface area contributed by atoms with Crippen LogP contribution in [0, 0.1) is 0 Å². The summed E-state index contributed by atoms with van der Waals surface area (Å²) in [4.78, 5) is 30.6. The lowest BCUT2D eigenvalue weighted by molar-refractivity contribution is 0.328. The molecular formula is C23H21N5O2. The van der Waals surface area contributed by atoms with Crippen LogP contribution in [0.15, 0.2) is 52.2 Å². The van der Waals surface area contributed by atoms with Gasteiger partial charge in [0.1, 0.15) is 11.4 Å². The molecule has 1 N–H and O–H groups in total. The van der Waals surface area contributed by atoms with Gasteiger partial charge in [-0.25, -0.2) is 0 Å². The molecule has 2 aromatic carbocycles. The number of hydrogen-bond acceptors (Lipinski definition) is 6. The molecule has 7 nitrogen and oxygen atoms in total. The fraction of sp³-hybridized carbons (Fsp3) is 0.304. The summed E-state index contributed by atoms with van der Waals surface area (Å²) < 4.78 is 2.09. The van der Waals surface area contributed by atoms with Gasteiger partial charge in [0.2, 0.25) is 0 Å². The van der Waals surface area contributed by atoms with Crippen molar-refractivity contribution in [3.05, 3.63) is 68.7 Å². The second kappa shape index (κ2) is 6.01. The molecule has 0 bridgehead atoms. The van der Waals surface area contributed by atoms with E-state index in [1.807, 2.05) is 36.2 Å². The van der Waals surface area contributed by atoms with E-state index in [-0.39, 0.29) is 10.8 Å². The molecule has 0 aliphatic carbocycles. The van der Waals surface area contributed by atoms with Crippen molar-refractivity contribution in [1.29, 1.82) is 0 Å². The Morgan fingerprint density at radius 2 is 1.97 bits per heavy atom. The lowest BCUT2D eigenvalue weighted by Crippen LogP contribution is -2.61. The van der Waals surface area contributed by atoms with Crippen LogP contribution in [0.1, 0.15) is 19.0 Å². The van der Waals surface area contributed by atoms with Gasteiger partial charge in [-0.15, -0.1) is 0 Å². The number of benzene rings is 1. The molecule has 1 spiro atoms. The highest BCUT2D eigenvalue weighted by molar-refractivity contribution is 5.83. The number of pyridine rings is 1. The second-order valence-corrected chi connectivity index (χ2v) is 8.35. The van der Waals surface area contributed by atoms with Gasteiger partial charge in [-0.3, -0.25) is 19.3 Å². The summed E-state index contributed by atoms with van der Waals surface area (Å²) in [5, 5.41) is 8.98. The van der Waals surface area contributed by atoms with Gasteiger partial charge in [-0.05, 0) is 31.5 Å². The third-order valence-electron chi connectivity index (χ3n) is 6.55. The lowest BCUT2D eigenvalue weighted by Gasteiger charge is -2.49.